The second-order valence-electron chi connectivity index (χ2n) is 14.7. The predicted molar refractivity (Wildman–Crippen MR) is 181 cm³/mol. The largest absolute Gasteiger partial charge is 0.466 e. The Morgan fingerprint density at radius 1 is 0.638 bits per heavy atom. The first-order chi connectivity index (χ1) is 22.0. The van der Waals surface area contributed by atoms with E-state index >= 15 is 0 Å². The first kappa shape index (κ1) is 42.6. The van der Waals surface area contributed by atoms with Crippen LogP contribution in [0, 0.1) is 53.3 Å². The molecule has 0 aromatic heterocycles. The zero-order chi connectivity index (χ0) is 35.8. The van der Waals surface area contributed by atoms with E-state index < -0.39 is 41.7 Å². The summed E-state index contributed by atoms with van der Waals surface area (Å²) < 4.78 is 10.8. The number of aliphatic hydroxyl groups is 1. The Balaban J connectivity index is 3.02. The number of ketones is 4. The van der Waals surface area contributed by atoms with E-state index in [1.54, 1.807) is 20.8 Å². The SMILES string of the molecule is CCOC(=O)C1CC(CCC(=O)C(C)CCC(O)C(C)C)CC(CC(=O)C(C)CCC(=O)C(C)CCC(=O)C(C)C)C1C(=O)OCC. The summed E-state index contributed by atoms with van der Waals surface area (Å²) in [5.41, 5.74) is 0. The van der Waals surface area contributed by atoms with Crippen molar-refractivity contribution in [2.45, 2.75) is 139 Å². The lowest BCUT2D eigenvalue weighted by molar-refractivity contribution is -0.167. The molecule has 0 aromatic carbocycles. The van der Waals surface area contributed by atoms with Gasteiger partial charge in [-0.1, -0.05) is 48.5 Å². The molecule has 0 spiro atoms. The fourth-order valence-corrected chi connectivity index (χ4v) is 6.58. The van der Waals surface area contributed by atoms with Gasteiger partial charge in [-0.3, -0.25) is 28.8 Å². The molecular weight excluding hydrogens is 600 g/mol. The third-order valence-electron chi connectivity index (χ3n) is 10.2. The molecule has 1 N–H and O–H groups in total. The van der Waals surface area contributed by atoms with Crippen LogP contribution in [0.3, 0.4) is 0 Å². The molecule has 9 nitrogen and oxygen atoms in total. The van der Waals surface area contributed by atoms with E-state index in [9.17, 15) is 33.9 Å². The van der Waals surface area contributed by atoms with Gasteiger partial charge in [0.05, 0.1) is 31.2 Å². The van der Waals surface area contributed by atoms with Gasteiger partial charge in [0.1, 0.15) is 23.1 Å². The topological polar surface area (TPSA) is 141 Å². The first-order valence-electron chi connectivity index (χ1n) is 18.2. The van der Waals surface area contributed by atoms with Crippen molar-refractivity contribution in [2.24, 2.45) is 53.3 Å². The Bertz CT molecular complexity index is 1030. The Labute approximate surface area is 283 Å². The summed E-state index contributed by atoms with van der Waals surface area (Å²) >= 11 is 0. The van der Waals surface area contributed by atoms with E-state index in [-0.39, 0.29) is 78.8 Å². The molecule has 0 aromatic rings. The summed E-state index contributed by atoms with van der Waals surface area (Å²) in [4.78, 5) is 77.8. The lowest BCUT2D eigenvalue weighted by Crippen LogP contribution is -2.44. The summed E-state index contributed by atoms with van der Waals surface area (Å²) in [5.74, 6) is -3.72. The molecule has 8 atom stereocenters. The maximum atomic E-state index is 13.5. The quantitative estimate of drug-likeness (QED) is 0.118. The number of hydrogen-bond donors (Lipinski definition) is 1. The van der Waals surface area contributed by atoms with E-state index in [2.05, 4.69) is 0 Å². The average Bonchev–Trinajstić information content (AvgIpc) is 3.02. The van der Waals surface area contributed by atoms with E-state index in [1.807, 2.05) is 41.5 Å². The molecule has 47 heavy (non-hydrogen) atoms. The number of aliphatic hydroxyl groups excluding tert-OH is 1. The molecule has 0 aliphatic heterocycles. The maximum absolute atomic E-state index is 13.5. The van der Waals surface area contributed by atoms with Crippen molar-refractivity contribution in [1.82, 2.24) is 0 Å². The molecule has 0 saturated heterocycles. The molecule has 0 heterocycles. The van der Waals surface area contributed by atoms with Crippen LogP contribution in [0.4, 0.5) is 0 Å². The summed E-state index contributed by atoms with van der Waals surface area (Å²) in [6.45, 7) is 16.8. The van der Waals surface area contributed by atoms with Crippen LogP contribution in [0.25, 0.3) is 0 Å². The van der Waals surface area contributed by atoms with Crippen LogP contribution in [-0.2, 0) is 38.2 Å². The van der Waals surface area contributed by atoms with Gasteiger partial charge in [-0.05, 0) is 76.5 Å². The van der Waals surface area contributed by atoms with Crippen molar-refractivity contribution >= 4 is 35.1 Å². The number of carbonyl (C=O) groups excluding carboxylic acids is 6. The van der Waals surface area contributed by atoms with E-state index in [0.717, 1.165) is 0 Å². The number of rotatable bonds is 23. The van der Waals surface area contributed by atoms with Gasteiger partial charge < -0.3 is 14.6 Å². The average molecular weight is 665 g/mol. The van der Waals surface area contributed by atoms with Crippen LogP contribution in [0.5, 0.6) is 0 Å². The Hall–Kier alpha value is -2.42. The van der Waals surface area contributed by atoms with Gasteiger partial charge in [0, 0.05) is 49.4 Å². The summed E-state index contributed by atoms with van der Waals surface area (Å²) in [6.07, 6.45) is 4.00. The molecule has 1 rings (SSSR count). The molecule has 1 aliphatic rings. The molecule has 1 saturated carbocycles. The highest BCUT2D eigenvalue weighted by Crippen LogP contribution is 2.44. The Kier molecular flexibility index (Phi) is 19.5. The second-order valence-corrected chi connectivity index (χ2v) is 14.7. The summed E-state index contributed by atoms with van der Waals surface area (Å²) in [6, 6.07) is 0. The first-order valence-corrected chi connectivity index (χ1v) is 18.2. The zero-order valence-corrected chi connectivity index (χ0v) is 30.7. The van der Waals surface area contributed by atoms with Gasteiger partial charge >= 0.3 is 11.9 Å². The highest BCUT2D eigenvalue weighted by Gasteiger charge is 2.47. The highest BCUT2D eigenvalue weighted by molar-refractivity contribution is 5.87. The van der Waals surface area contributed by atoms with E-state index in [1.165, 1.54) is 0 Å². The van der Waals surface area contributed by atoms with Crippen molar-refractivity contribution in [1.29, 1.82) is 0 Å². The third kappa shape index (κ3) is 14.7. The smallest absolute Gasteiger partial charge is 0.310 e. The van der Waals surface area contributed by atoms with Gasteiger partial charge in [-0.2, -0.15) is 0 Å². The molecular formula is C38H64O9. The molecule has 0 bridgehead atoms. The molecule has 1 fully saturated rings. The zero-order valence-electron chi connectivity index (χ0n) is 30.7. The lowest BCUT2D eigenvalue weighted by Gasteiger charge is -2.39. The number of ether oxygens (including phenoxy) is 2. The van der Waals surface area contributed by atoms with Crippen LogP contribution in [0.1, 0.15) is 133 Å². The highest BCUT2D eigenvalue weighted by atomic mass is 16.5. The summed E-state index contributed by atoms with van der Waals surface area (Å²) in [7, 11) is 0. The van der Waals surface area contributed by atoms with E-state index in [0.29, 0.717) is 57.8 Å². The monoisotopic (exact) mass is 664 g/mol. The van der Waals surface area contributed by atoms with Gasteiger partial charge in [0.2, 0.25) is 0 Å². The van der Waals surface area contributed by atoms with Crippen LogP contribution < -0.4 is 0 Å². The van der Waals surface area contributed by atoms with Crippen molar-refractivity contribution in [3.05, 3.63) is 0 Å². The normalized spacial score (nSPS) is 22.3. The molecule has 0 radical (unpaired) electrons. The van der Waals surface area contributed by atoms with Crippen LogP contribution >= 0.6 is 0 Å². The molecule has 9 heteroatoms. The number of Topliss-reactive ketones (excluding diaryl/α,β-unsaturated/α-hetero) is 4. The maximum Gasteiger partial charge on any atom is 0.310 e. The number of carbonyl (C=O) groups is 6. The van der Waals surface area contributed by atoms with Gasteiger partial charge in [-0.25, -0.2) is 0 Å². The fourth-order valence-electron chi connectivity index (χ4n) is 6.58. The van der Waals surface area contributed by atoms with Crippen molar-refractivity contribution in [2.75, 3.05) is 13.2 Å². The van der Waals surface area contributed by atoms with Crippen LogP contribution in [-0.4, -0.2) is 59.5 Å². The minimum Gasteiger partial charge on any atom is -0.466 e. The summed E-state index contributed by atoms with van der Waals surface area (Å²) in [5, 5.41) is 10.2. The van der Waals surface area contributed by atoms with Crippen LogP contribution in [0.2, 0.25) is 0 Å². The minimum absolute atomic E-state index is 0.0309. The number of hydrogen-bond acceptors (Lipinski definition) is 9. The number of esters is 2. The van der Waals surface area contributed by atoms with Crippen molar-refractivity contribution < 1.29 is 43.3 Å². The molecule has 0 amide bonds. The Morgan fingerprint density at radius 3 is 1.70 bits per heavy atom. The van der Waals surface area contributed by atoms with Gasteiger partial charge in [0.25, 0.3) is 0 Å². The third-order valence-corrected chi connectivity index (χ3v) is 10.2. The minimum atomic E-state index is -0.825. The molecule has 8 unspecified atom stereocenters. The lowest BCUT2D eigenvalue weighted by atomic mass is 9.64. The van der Waals surface area contributed by atoms with Gasteiger partial charge in [-0.15, -0.1) is 0 Å². The predicted octanol–water partition coefficient (Wildman–Crippen LogP) is 6.74. The van der Waals surface area contributed by atoms with E-state index in [4.69, 9.17) is 9.47 Å². The second kappa shape index (κ2) is 21.5. The van der Waals surface area contributed by atoms with Gasteiger partial charge in [0.15, 0.2) is 0 Å². The standard InChI is InChI=1S/C38H64O9/c1-10-46-37(44)30-21-28(15-19-34(42)26(8)13-17-32(40)24(5)6)20-29(36(30)38(45)47-11-2)22-35(43)27(9)14-18-33(41)25(7)12-16-31(39)23(3)4/h23-30,32,36,40H,10-22H2,1-9H3. The Morgan fingerprint density at radius 2 is 1.15 bits per heavy atom. The molecule has 1 aliphatic carbocycles. The van der Waals surface area contributed by atoms with Crippen LogP contribution in [0.15, 0.2) is 0 Å². The van der Waals surface area contributed by atoms with Crippen molar-refractivity contribution in [3.8, 4) is 0 Å². The fraction of sp³-hybridized carbons (Fsp3) is 0.842. The molecule has 270 valence electrons. The van der Waals surface area contributed by atoms with Crippen molar-refractivity contribution in [3.63, 3.8) is 0 Å².